The smallest absolute Gasteiger partial charge is 0.225 e. The highest BCUT2D eigenvalue weighted by molar-refractivity contribution is 5.79. The maximum Gasteiger partial charge on any atom is 0.225 e. The predicted molar refractivity (Wildman–Crippen MR) is 119 cm³/mol. The van der Waals surface area contributed by atoms with E-state index >= 15 is 0 Å². The van der Waals surface area contributed by atoms with Crippen LogP contribution in [0.4, 0.5) is 0 Å². The van der Waals surface area contributed by atoms with Gasteiger partial charge in [0.15, 0.2) is 0 Å². The highest BCUT2D eigenvalue weighted by Gasteiger charge is 2.30. The Hall–Kier alpha value is -2.40. The van der Waals surface area contributed by atoms with Crippen LogP contribution in [0.3, 0.4) is 0 Å². The van der Waals surface area contributed by atoms with Crippen LogP contribution in [0.5, 0.6) is 5.75 Å². The molecule has 0 N–H and O–H groups in total. The van der Waals surface area contributed by atoms with Gasteiger partial charge in [0.1, 0.15) is 5.75 Å². The third-order valence-corrected chi connectivity index (χ3v) is 6.69. The summed E-state index contributed by atoms with van der Waals surface area (Å²) in [6.07, 6.45) is 4.78. The summed E-state index contributed by atoms with van der Waals surface area (Å²) in [7, 11) is 3.85. The fraction of sp³-hybridized carbons (Fsp3) is 0.520. The molecule has 1 aromatic heterocycles. The zero-order valence-corrected chi connectivity index (χ0v) is 18.2. The fourth-order valence-corrected chi connectivity index (χ4v) is 4.78. The first kappa shape index (κ1) is 20.9. The number of pyridine rings is 1. The molecular weight excluding hydrogens is 374 g/mol. The Labute approximate surface area is 180 Å². The van der Waals surface area contributed by atoms with Crippen LogP contribution in [0.2, 0.25) is 0 Å². The molecule has 2 fully saturated rings. The van der Waals surface area contributed by atoms with E-state index in [9.17, 15) is 4.79 Å². The predicted octanol–water partition coefficient (Wildman–Crippen LogP) is 3.73. The summed E-state index contributed by atoms with van der Waals surface area (Å²) < 4.78 is 5.49. The molecule has 160 valence electrons. The maximum absolute atomic E-state index is 12.9. The second-order valence-corrected chi connectivity index (χ2v) is 8.72. The molecule has 3 heterocycles. The molecule has 2 aliphatic heterocycles. The standard InChI is InChI=1S/C25H33N3O2/c1-27-14-10-20(11-15-27)25(29)28-16-12-19(13-17-28)23-8-5-7-22(26-23)18-21-6-3-4-9-24(21)30-2/h3-9,19-20H,10-18H2,1-2H3. The van der Waals surface area contributed by atoms with Crippen LogP contribution in [0.25, 0.3) is 0 Å². The number of amides is 1. The van der Waals surface area contributed by atoms with Crippen LogP contribution < -0.4 is 4.74 Å². The van der Waals surface area contributed by atoms with Crippen molar-refractivity contribution in [3.8, 4) is 5.75 Å². The van der Waals surface area contributed by atoms with Crippen molar-refractivity contribution in [3.63, 3.8) is 0 Å². The van der Waals surface area contributed by atoms with E-state index in [-0.39, 0.29) is 5.92 Å². The number of hydrogen-bond acceptors (Lipinski definition) is 4. The van der Waals surface area contributed by atoms with Gasteiger partial charge in [-0.05, 0) is 64.0 Å². The zero-order valence-electron chi connectivity index (χ0n) is 18.2. The molecule has 30 heavy (non-hydrogen) atoms. The van der Waals surface area contributed by atoms with Gasteiger partial charge in [0, 0.05) is 48.3 Å². The number of ether oxygens (including phenoxy) is 1. The summed E-state index contributed by atoms with van der Waals surface area (Å²) in [5.41, 5.74) is 3.39. The molecule has 1 amide bonds. The first-order chi connectivity index (χ1) is 14.6. The normalized spacial score (nSPS) is 19.1. The van der Waals surface area contributed by atoms with E-state index in [0.717, 1.165) is 81.0 Å². The van der Waals surface area contributed by atoms with Gasteiger partial charge in [-0.15, -0.1) is 0 Å². The number of piperidine rings is 2. The third-order valence-electron chi connectivity index (χ3n) is 6.69. The van der Waals surface area contributed by atoms with Crippen LogP contribution in [0, 0.1) is 5.92 Å². The molecule has 0 spiro atoms. The number of rotatable bonds is 5. The van der Waals surface area contributed by atoms with E-state index in [1.807, 2.05) is 18.2 Å². The van der Waals surface area contributed by atoms with Crippen molar-refractivity contribution in [1.82, 2.24) is 14.8 Å². The van der Waals surface area contributed by atoms with E-state index in [1.165, 1.54) is 0 Å². The van der Waals surface area contributed by atoms with E-state index in [1.54, 1.807) is 7.11 Å². The average Bonchev–Trinajstić information content (AvgIpc) is 2.80. The minimum Gasteiger partial charge on any atom is -0.496 e. The number of carbonyl (C=O) groups is 1. The van der Waals surface area contributed by atoms with Crippen LogP contribution in [-0.4, -0.2) is 61.0 Å². The molecule has 0 aliphatic carbocycles. The molecule has 0 atom stereocenters. The molecule has 0 bridgehead atoms. The topological polar surface area (TPSA) is 45.7 Å². The quantitative estimate of drug-likeness (QED) is 0.758. The molecule has 5 heteroatoms. The Morgan fingerprint density at radius 3 is 2.47 bits per heavy atom. The van der Waals surface area contributed by atoms with Crippen LogP contribution in [0.15, 0.2) is 42.5 Å². The number of likely N-dealkylation sites (tertiary alicyclic amines) is 2. The van der Waals surface area contributed by atoms with Crippen LogP contribution in [-0.2, 0) is 11.2 Å². The Kier molecular flexibility index (Phi) is 6.68. The van der Waals surface area contributed by atoms with E-state index < -0.39 is 0 Å². The van der Waals surface area contributed by atoms with Gasteiger partial charge in [-0.25, -0.2) is 0 Å². The number of benzene rings is 1. The van der Waals surface area contributed by atoms with Crippen molar-refractivity contribution in [2.24, 2.45) is 5.92 Å². The molecule has 5 nitrogen and oxygen atoms in total. The lowest BCUT2D eigenvalue weighted by molar-refractivity contribution is -0.138. The SMILES string of the molecule is COc1ccccc1Cc1cccc(C2CCN(C(=O)C3CCN(C)CC3)CC2)n1. The summed E-state index contributed by atoms with van der Waals surface area (Å²) in [6, 6.07) is 14.5. The van der Waals surface area contributed by atoms with Gasteiger partial charge < -0.3 is 14.5 Å². The molecule has 0 radical (unpaired) electrons. The number of carbonyl (C=O) groups excluding carboxylic acids is 1. The minimum absolute atomic E-state index is 0.222. The van der Waals surface area contributed by atoms with Crippen molar-refractivity contribution in [2.45, 2.75) is 38.0 Å². The zero-order chi connectivity index (χ0) is 20.9. The van der Waals surface area contributed by atoms with Crippen LogP contribution in [0.1, 0.15) is 48.6 Å². The Morgan fingerprint density at radius 1 is 1.00 bits per heavy atom. The Balaban J connectivity index is 1.36. The van der Waals surface area contributed by atoms with Crippen molar-refractivity contribution in [2.75, 3.05) is 40.3 Å². The molecule has 4 rings (SSSR count). The first-order valence-corrected chi connectivity index (χ1v) is 11.2. The first-order valence-electron chi connectivity index (χ1n) is 11.2. The number of aromatic nitrogens is 1. The Bertz CT molecular complexity index is 853. The minimum atomic E-state index is 0.222. The average molecular weight is 408 g/mol. The summed E-state index contributed by atoms with van der Waals surface area (Å²) in [5, 5.41) is 0. The van der Waals surface area contributed by atoms with Gasteiger partial charge in [0.25, 0.3) is 0 Å². The highest BCUT2D eigenvalue weighted by atomic mass is 16.5. The van der Waals surface area contributed by atoms with Gasteiger partial charge in [-0.3, -0.25) is 9.78 Å². The largest absolute Gasteiger partial charge is 0.496 e. The number of nitrogens with zero attached hydrogens (tertiary/aromatic N) is 3. The lowest BCUT2D eigenvalue weighted by atomic mass is 9.90. The number of hydrogen-bond donors (Lipinski definition) is 0. The van der Waals surface area contributed by atoms with E-state index in [0.29, 0.717) is 11.8 Å². The third kappa shape index (κ3) is 4.84. The number of methoxy groups -OCH3 is 1. The highest BCUT2D eigenvalue weighted by Crippen LogP contribution is 2.29. The Morgan fingerprint density at radius 2 is 1.73 bits per heavy atom. The van der Waals surface area contributed by atoms with Crippen molar-refractivity contribution >= 4 is 5.91 Å². The molecular formula is C25H33N3O2. The van der Waals surface area contributed by atoms with Crippen molar-refractivity contribution in [3.05, 3.63) is 59.4 Å². The maximum atomic E-state index is 12.9. The fourth-order valence-electron chi connectivity index (χ4n) is 4.78. The lowest BCUT2D eigenvalue weighted by Gasteiger charge is -2.36. The van der Waals surface area contributed by atoms with Crippen LogP contribution >= 0.6 is 0 Å². The van der Waals surface area contributed by atoms with E-state index in [2.05, 4.69) is 41.1 Å². The molecule has 1 aromatic carbocycles. The second kappa shape index (κ2) is 9.61. The molecule has 0 unspecified atom stereocenters. The summed E-state index contributed by atoms with van der Waals surface area (Å²) in [5.74, 6) is 1.94. The van der Waals surface area contributed by atoms with E-state index in [4.69, 9.17) is 9.72 Å². The number of para-hydroxylation sites is 1. The van der Waals surface area contributed by atoms with Gasteiger partial charge >= 0.3 is 0 Å². The summed E-state index contributed by atoms with van der Waals surface area (Å²) in [4.78, 5) is 22.3. The molecule has 2 aromatic rings. The summed E-state index contributed by atoms with van der Waals surface area (Å²) in [6.45, 7) is 3.79. The molecule has 0 saturated carbocycles. The lowest BCUT2D eigenvalue weighted by Crippen LogP contribution is -2.44. The van der Waals surface area contributed by atoms with Crippen molar-refractivity contribution < 1.29 is 9.53 Å². The summed E-state index contributed by atoms with van der Waals surface area (Å²) >= 11 is 0. The van der Waals surface area contributed by atoms with Gasteiger partial charge in [0.05, 0.1) is 7.11 Å². The van der Waals surface area contributed by atoms with Crippen molar-refractivity contribution in [1.29, 1.82) is 0 Å². The van der Waals surface area contributed by atoms with Gasteiger partial charge in [-0.2, -0.15) is 0 Å². The molecule has 2 saturated heterocycles. The molecule has 2 aliphatic rings. The monoisotopic (exact) mass is 407 g/mol. The van der Waals surface area contributed by atoms with Gasteiger partial charge in [0.2, 0.25) is 5.91 Å². The second-order valence-electron chi connectivity index (χ2n) is 8.72. The van der Waals surface area contributed by atoms with Gasteiger partial charge in [-0.1, -0.05) is 24.3 Å².